The van der Waals surface area contributed by atoms with Crippen LogP contribution in [-0.4, -0.2) is 0 Å². The molecule has 0 bridgehead atoms. The van der Waals surface area contributed by atoms with Gasteiger partial charge in [-0.2, -0.15) is 0 Å². The van der Waals surface area contributed by atoms with Crippen LogP contribution in [0.2, 0.25) is 0 Å². The van der Waals surface area contributed by atoms with Crippen LogP contribution in [0.5, 0.6) is 0 Å². The number of rotatable bonds is 3. The number of hydrogen-bond donors (Lipinski definition) is 0. The summed E-state index contributed by atoms with van der Waals surface area (Å²) in [6.45, 7) is 0. The fourth-order valence-corrected chi connectivity index (χ4v) is 5.25. The summed E-state index contributed by atoms with van der Waals surface area (Å²) in [4.78, 5) is 0. The third-order valence-corrected chi connectivity index (χ3v) is 7.12. The molecule has 204 valence electrons. The van der Waals surface area contributed by atoms with Crippen LogP contribution >= 0.6 is 0 Å². The van der Waals surface area contributed by atoms with Gasteiger partial charge in [0, 0.05) is 0 Å². The lowest BCUT2D eigenvalue weighted by atomic mass is 9.83. The molecule has 0 atom stereocenters. The number of fused-ring (bicyclic) bond motifs is 5. The molecular weight excluding hydrogens is 528 g/mol. The van der Waals surface area contributed by atoms with Gasteiger partial charge >= 0.3 is 0 Å². The molecular formula is C44H28. The monoisotopic (exact) mass is 584 g/mol. The fraction of sp³-hybridized carbons (Fsp3) is 0. The molecule has 0 spiro atoms. The van der Waals surface area contributed by atoms with Gasteiger partial charge in [0.05, 0.1) is 38.4 Å². The highest BCUT2D eigenvalue weighted by Crippen LogP contribution is 2.47. The minimum Gasteiger partial charge on any atom is -0.0616 e. The zero-order valence-electron chi connectivity index (χ0n) is 50.0. The molecule has 44 heavy (non-hydrogen) atoms. The Morgan fingerprint density at radius 3 is 1.50 bits per heavy atom. The second-order valence-electron chi connectivity index (χ2n) is 9.50. The highest BCUT2D eigenvalue weighted by molar-refractivity contribution is 6.24. The molecule has 0 nitrogen and oxygen atoms in total. The summed E-state index contributed by atoms with van der Waals surface area (Å²) >= 11 is 0. The summed E-state index contributed by atoms with van der Waals surface area (Å²) in [5.74, 6) is 0. The first-order valence-corrected chi connectivity index (χ1v) is 13.0. The van der Waals surface area contributed by atoms with Crippen molar-refractivity contribution < 1.29 is 38.4 Å². The summed E-state index contributed by atoms with van der Waals surface area (Å²) in [6.07, 6.45) is 0. The van der Waals surface area contributed by atoms with Crippen LogP contribution in [0.15, 0.2) is 169 Å². The highest BCUT2D eigenvalue weighted by Gasteiger charge is 2.19. The van der Waals surface area contributed by atoms with Gasteiger partial charge in [-0.25, -0.2) is 0 Å². The topological polar surface area (TPSA) is 0 Å². The zero-order valence-corrected chi connectivity index (χ0v) is 22.0. The van der Waals surface area contributed by atoms with Crippen molar-refractivity contribution in [2.45, 2.75) is 0 Å². The normalized spacial score (nSPS) is 20.5. The maximum Gasteiger partial charge on any atom is 0.0636 e. The van der Waals surface area contributed by atoms with E-state index in [1.807, 2.05) is 0 Å². The molecule has 0 radical (unpaired) electrons. The standard InChI is InChI=1S/C44H28/c1-2-14-32-27-34(24-23-29(32)11-1)43-39-19-7-8-20-40(39)44(38-22-10-16-31-13-4-6-18-36(31)38)41-26-25-33(28-42(41)43)37-21-9-15-30-12-3-5-17-35(30)37/h1-28H/i1D,2D,3D,4D,5D,6D,7D,8D,9D,10D,11D,12D,13D,14D,15D,16D,17D,18D,19D,20D,21D,22D,23D,24D,25D,26D,27D,28D. The third-order valence-electron chi connectivity index (χ3n) is 7.12. The van der Waals surface area contributed by atoms with Crippen LogP contribution in [0.25, 0.3) is 87.2 Å². The predicted molar refractivity (Wildman–Crippen MR) is 190 cm³/mol. The lowest BCUT2D eigenvalue weighted by Gasteiger charge is -2.20. The molecule has 0 saturated carbocycles. The maximum absolute atomic E-state index is 10.2. The Labute approximate surface area is 295 Å². The summed E-state index contributed by atoms with van der Waals surface area (Å²) in [6, 6.07) is -27.1. The first-order valence-electron chi connectivity index (χ1n) is 27.0. The molecule has 0 aliphatic rings. The average molecular weight is 585 g/mol. The van der Waals surface area contributed by atoms with Crippen molar-refractivity contribution in [2.75, 3.05) is 0 Å². The van der Waals surface area contributed by atoms with E-state index in [1.165, 1.54) is 0 Å². The van der Waals surface area contributed by atoms with E-state index in [-0.39, 0.29) is 0 Å². The van der Waals surface area contributed by atoms with Crippen LogP contribution in [0, 0.1) is 0 Å². The van der Waals surface area contributed by atoms with Gasteiger partial charge in [0.25, 0.3) is 0 Å². The molecule has 0 aliphatic carbocycles. The first-order chi connectivity index (χ1) is 33.5. The van der Waals surface area contributed by atoms with E-state index in [1.54, 1.807) is 0 Å². The largest absolute Gasteiger partial charge is 0.0636 e. The third kappa shape index (κ3) is 3.85. The predicted octanol–water partition coefficient (Wildman–Crippen LogP) is 12.5. The van der Waals surface area contributed by atoms with E-state index < -0.39 is 256 Å². The molecule has 9 rings (SSSR count). The number of benzene rings is 9. The SMILES string of the molecule is [2H]c1c([2H])c([2H])c2c([2H])c(-c3c4c([2H])c([2H])c([2H])c([2H])c4c(-c4c([2H])c([2H])c([2H])c5c([2H])c([2H])c([2H])c([2H])c45)c4c([2H])c([2H])c(-c5c([2H])c([2H])c([2H])c6c([2H])c([2H])c([2H])c([2H])c56)c([2H])c34)c([2H])c([2H])c2c1[2H]. The number of hydrogen-bond acceptors (Lipinski definition) is 0. The summed E-state index contributed by atoms with van der Waals surface area (Å²) < 4.78 is 253. The van der Waals surface area contributed by atoms with Gasteiger partial charge in [-0.05, 0) is 99.3 Å². The fourth-order valence-electron chi connectivity index (χ4n) is 5.25. The lowest BCUT2D eigenvalue weighted by Crippen LogP contribution is -1.93. The van der Waals surface area contributed by atoms with Gasteiger partial charge in [0.2, 0.25) is 0 Å². The van der Waals surface area contributed by atoms with Crippen molar-refractivity contribution in [1.82, 2.24) is 0 Å². The summed E-state index contributed by atoms with van der Waals surface area (Å²) in [7, 11) is 0. The average Bonchev–Trinajstić information content (AvgIpc) is 3.34. The van der Waals surface area contributed by atoms with Crippen LogP contribution in [0.4, 0.5) is 0 Å². The minimum atomic E-state index is -1.13. The van der Waals surface area contributed by atoms with E-state index in [2.05, 4.69) is 0 Å². The van der Waals surface area contributed by atoms with Crippen molar-refractivity contribution in [3.8, 4) is 33.4 Å². The quantitative estimate of drug-likeness (QED) is 0.181. The van der Waals surface area contributed by atoms with Crippen LogP contribution in [-0.2, 0) is 0 Å². The molecule has 9 aromatic carbocycles. The van der Waals surface area contributed by atoms with Crippen molar-refractivity contribution in [3.05, 3.63) is 169 Å². The van der Waals surface area contributed by atoms with Crippen molar-refractivity contribution in [3.63, 3.8) is 0 Å². The second-order valence-corrected chi connectivity index (χ2v) is 9.50. The zero-order chi connectivity index (χ0) is 53.4. The van der Waals surface area contributed by atoms with Crippen LogP contribution in [0.3, 0.4) is 0 Å². The molecule has 0 heteroatoms. The molecule has 0 aromatic heterocycles. The van der Waals surface area contributed by atoms with Crippen LogP contribution in [0.1, 0.15) is 38.4 Å². The van der Waals surface area contributed by atoms with Gasteiger partial charge in [-0.3, -0.25) is 0 Å². The maximum atomic E-state index is 10.2. The molecule has 0 N–H and O–H groups in total. The van der Waals surface area contributed by atoms with E-state index in [0.29, 0.717) is 0 Å². The smallest absolute Gasteiger partial charge is 0.0616 e. The molecule has 0 amide bonds. The van der Waals surface area contributed by atoms with E-state index in [9.17, 15) is 13.7 Å². The van der Waals surface area contributed by atoms with Gasteiger partial charge < -0.3 is 0 Å². The summed E-state index contributed by atoms with van der Waals surface area (Å²) in [5.41, 5.74) is -4.97. The Morgan fingerprint density at radius 2 is 0.773 bits per heavy atom. The van der Waals surface area contributed by atoms with Crippen LogP contribution < -0.4 is 0 Å². The minimum absolute atomic E-state index is 0.635. The van der Waals surface area contributed by atoms with Gasteiger partial charge in [0.15, 0.2) is 0 Å². The van der Waals surface area contributed by atoms with Crippen molar-refractivity contribution in [2.24, 2.45) is 0 Å². The van der Waals surface area contributed by atoms with E-state index in [0.717, 1.165) is 0 Å². The molecule has 0 aliphatic heterocycles. The molecule has 0 fully saturated rings. The Bertz CT molecular complexity index is 4110. The molecule has 0 unspecified atom stereocenters. The van der Waals surface area contributed by atoms with E-state index in [4.69, 9.17) is 24.7 Å². The highest BCUT2D eigenvalue weighted by atomic mass is 14.2. The Morgan fingerprint density at radius 1 is 0.273 bits per heavy atom. The second kappa shape index (κ2) is 9.93. The van der Waals surface area contributed by atoms with E-state index >= 15 is 0 Å². The van der Waals surface area contributed by atoms with Crippen molar-refractivity contribution in [1.29, 1.82) is 0 Å². The molecule has 0 saturated heterocycles. The Balaban J connectivity index is 1.74. The molecule has 9 aromatic rings. The lowest BCUT2D eigenvalue weighted by molar-refractivity contribution is 1.66. The first kappa shape index (κ1) is 9.64. The Kier molecular flexibility index (Phi) is 2.18. The molecule has 0 heterocycles. The van der Waals surface area contributed by atoms with Gasteiger partial charge in [-0.1, -0.05) is 157 Å². The Hall–Kier alpha value is -5.72. The van der Waals surface area contributed by atoms with Gasteiger partial charge in [-0.15, -0.1) is 0 Å². The summed E-state index contributed by atoms with van der Waals surface area (Å²) in [5, 5.41) is -7.32. The van der Waals surface area contributed by atoms with Gasteiger partial charge in [0.1, 0.15) is 0 Å². The van der Waals surface area contributed by atoms with Crippen molar-refractivity contribution >= 4 is 53.9 Å².